The summed E-state index contributed by atoms with van der Waals surface area (Å²) in [7, 11) is -2.41. The van der Waals surface area contributed by atoms with Gasteiger partial charge in [0.2, 0.25) is 0 Å². The molecule has 1 aromatic carbocycles. The van der Waals surface area contributed by atoms with Gasteiger partial charge in [0.25, 0.3) is 10.0 Å². The van der Waals surface area contributed by atoms with Gasteiger partial charge in [-0.25, -0.2) is 9.29 Å². The van der Waals surface area contributed by atoms with Crippen LogP contribution in [0.3, 0.4) is 0 Å². The van der Waals surface area contributed by atoms with Gasteiger partial charge in [0, 0.05) is 19.3 Å². The van der Waals surface area contributed by atoms with Crippen molar-refractivity contribution in [3.63, 3.8) is 0 Å². The summed E-state index contributed by atoms with van der Waals surface area (Å²) < 4.78 is 33.4. The van der Waals surface area contributed by atoms with E-state index in [1.54, 1.807) is 22.8 Å². The molecule has 0 N–H and O–H groups in total. The molecule has 0 fully saturated rings. The van der Waals surface area contributed by atoms with Gasteiger partial charge in [0.1, 0.15) is 5.52 Å². The van der Waals surface area contributed by atoms with Crippen molar-refractivity contribution >= 4 is 27.1 Å². The molecule has 0 unspecified atom stereocenters. The van der Waals surface area contributed by atoms with E-state index in [1.807, 2.05) is 19.9 Å². The highest BCUT2D eigenvalue weighted by Gasteiger charge is 2.27. The van der Waals surface area contributed by atoms with E-state index in [2.05, 4.69) is 9.97 Å². The number of hydrogen-bond donors (Lipinski definition) is 0. The second kappa shape index (κ2) is 5.13. The number of nitrogens with zero attached hydrogens (tertiary/aromatic N) is 4. The molecule has 2 aromatic heterocycles. The molecule has 0 aliphatic carbocycles. The fourth-order valence-electron chi connectivity index (χ4n) is 1.97. The maximum atomic E-state index is 12.6. The van der Waals surface area contributed by atoms with Crippen molar-refractivity contribution in [1.29, 1.82) is 0 Å². The molecule has 0 aliphatic heterocycles. The Balaban J connectivity index is 1.99. The van der Waals surface area contributed by atoms with Crippen LogP contribution in [0, 0.1) is 0 Å². The van der Waals surface area contributed by atoms with Gasteiger partial charge in [-0.05, 0) is 26.0 Å². The average molecular weight is 320 g/mol. The second-order valence-corrected chi connectivity index (χ2v) is 7.11. The van der Waals surface area contributed by atoms with Crippen molar-refractivity contribution in [3.05, 3.63) is 36.8 Å². The Morgan fingerprint density at radius 1 is 1.27 bits per heavy atom. The Bertz CT molecular complexity index is 878. The number of oxazole rings is 1. The largest absolute Gasteiger partial charge is 0.423 e. The summed E-state index contributed by atoms with van der Waals surface area (Å²) >= 11 is 0. The highest BCUT2D eigenvalue weighted by Crippen LogP contribution is 2.25. The van der Waals surface area contributed by atoms with E-state index in [0.29, 0.717) is 11.1 Å². The van der Waals surface area contributed by atoms with Crippen LogP contribution in [-0.4, -0.2) is 30.0 Å². The molecule has 0 aliphatic rings. The van der Waals surface area contributed by atoms with Gasteiger partial charge >= 0.3 is 6.01 Å². The summed E-state index contributed by atoms with van der Waals surface area (Å²) in [6, 6.07) is 7.26. The number of benzene rings is 1. The van der Waals surface area contributed by atoms with Crippen molar-refractivity contribution in [2.45, 2.75) is 24.9 Å². The summed E-state index contributed by atoms with van der Waals surface area (Å²) in [6.45, 7) is 3.89. The van der Waals surface area contributed by atoms with Crippen LogP contribution >= 0.6 is 0 Å². The lowest BCUT2D eigenvalue weighted by Gasteiger charge is -2.12. The minimum Gasteiger partial charge on any atom is -0.423 e. The second-order valence-electron chi connectivity index (χ2n) is 5.19. The zero-order valence-corrected chi connectivity index (χ0v) is 13.3. The molecule has 8 heteroatoms. The first-order valence-electron chi connectivity index (χ1n) is 6.77. The van der Waals surface area contributed by atoms with E-state index >= 15 is 0 Å². The van der Waals surface area contributed by atoms with Gasteiger partial charge in [0.15, 0.2) is 10.6 Å². The van der Waals surface area contributed by atoms with Crippen LogP contribution in [0.2, 0.25) is 0 Å². The zero-order valence-electron chi connectivity index (χ0n) is 12.5. The highest BCUT2D eigenvalue weighted by molar-refractivity contribution is 7.92. The third kappa shape index (κ3) is 2.35. The van der Waals surface area contributed by atoms with Crippen LogP contribution in [0.15, 0.2) is 46.2 Å². The van der Waals surface area contributed by atoms with Crippen LogP contribution in [0.5, 0.6) is 0 Å². The Kier molecular flexibility index (Phi) is 3.40. The van der Waals surface area contributed by atoms with Crippen molar-refractivity contribution in [3.8, 4) is 0 Å². The van der Waals surface area contributed by atoms with Crippen LogP contribution in [0.25, 0.3) is 11.1 Å². The van der Waals surface area contributed by atoms with Crippen molar-refractivity contribution in [2.24, 2.45) is 0 Å². The molecule has 7 nitrogen and oxygen atoms in total. The monoisotopic (exact) mass is 320 g/mol. The molecular weight excluding hydrogens is 304 g/mol. The quantitative estimate of drug-likeness (QED) is 0.737. The molecular formula is C14H16N4O3S. The summed E-state index contributed by atoms with van der Waals surface area (Å²) in [4.78, 5) is 8.17. The minimum atomic E-state index is -3.81. The van der Waals surface area contributed by atoms with E-state index < -0.39 is 10.0 Å². The number of anilines is 1. The Hall–Kier alpha value is -2.35. The fourth-order valence-corrected chi connectivity index (χ4v) is 2.97. The summed E-state index contributed by atoms with van der Waals surface area (Å²) in [5.74, 6) is 0. The van der Waals surface area contributed by atoms with Crippen LogP contribution in [0.4, 0.5) is 6.01 Å². The lowest BCUT2D eigenvalue weighted by Crippen LogP contribution is -2.27. The molecule has 116 valence electrons. The number of rotatable bonds is 4. The summed E-state index contributed by atoms with van der Waals surface area (Å²) in [6.07, 6.45) is 3.00. The van der Waals surface area contributed by atoms with E-state index in [0.717, 1.165) is 4.31 Å². The lowest BCUT2D eigenvalue weighted by atomic mass is 10.3. The summed E-state index contributed by atoms with van der Waals surface area (Å²) in [5.41, 5.74) is 1.14. The lowest BCUT2D eigenvalue weighted by molar-refractivity contribution is 0.570. The number of sulfonamides is 1. The number of fused-ring (bicyclic) bond motifs is 1. The van der Waals surface area contributed by atoms with Gasteiger partial charge in [-0.3, -0.25) is 0 Å². The van der Waals surface area contributed by atoms with Crippen molar-refractivity contribution in [2.75, 3.05) is 11.4 Å². The number of hydrogen-bond acceptors (Lipinski definition) is 5. The average Bonchev–Trinajstić information content (AvgIpc) is 3.13. The molecule has 0 atom stereocenters. The molecule has 3 aromatic rings. The van der Waals surface area contributed by atoms with E-state index in [1.165, 1.54) is 19.6 Å². The van der Waals surface area contributed by atoms with Crippen LogP contribution in [0.1, 0.15) is 19.9 Å². The van der Waals surface area contributed by atoms with E-state index in [9.17, 15) is 8.42 Å². The van der Waals surface area contributed by atoms with Gasteiger partial charge < -0.3 is 8.98 Å². The van der Waals surface area contributed by atoms with Gasteiger partial charge in [-0.1, -0.05) is 12.1 Å². The van der Waals surface area contributed by atoms with Crippen LogP contribution < -0.4 is 4.31 Å². The first-order valence-corrected chi connectivity index (χ1v) is 8.21. The molecule has 22 heavy (non-hydrogen) atoms. The maximum absolute atomic E-state index is 12.6. The molecule has 0 amide bonds. The standard InChI is InChI=1S/C14H16N4O3S/c1-10(2)18-8-13(15-9-18)22(19,20)17(3)14-16-11-6-4-5-7-12(11)21-14/h4-10H,1-3H3. The number of para-hydroxylation sites is 2. The first kappa shape index (κ1) is 14.6. The van der Waals surface area contributed by atoms with E-state index in [-0.39, 0.29) is 17.1 Å². The molecule has 2 heterocycles. The molecule has 3 rings (SSSR count). The SMILES string of the molecule is CC(C)n1cnc(S(=O)(=O)N(C)c2nc3ccccc3o2)c1. The molecule has 0 saturated carbocycles. The maximum Gasteiger partial charge on any atom is 0.312 e. The topological polar surface area (TPSA) is 81.2 Å². The third-order valence-corrected chi connectivity index (χ3v) is 4.97. The Labute approximate surface area is 128 Å². The number of imidazole rings is 1. The van der Waals surface area contributed by atoms with E-state index in [4.69, 9.17) is 4.42 Å². The first-order chi connectivity index (χ1) is 10.4. The van der Waals surface area contributed by atoms with Gasteiger partial charge in [-0.2, -0.15) is 13.4 Å². The predicted molar refractivity (Wildman–Crippen MR) is 82.2 cm³/mol. The smallest absolute Gasteiger partial charge is 0.312 e. The fraction of sp³-hybridized carbons (Fsp3) is 0.286. The van der Waals surface area contributed by atoms with Crippen LogP contribution in [-0.2, 0) is 10.0 Å². The van der Waals surface area contributed by atoms with Gasteiger partial charge in [-0.15, -0.1) is 0 Å². The molecule has 0 bridgehead atoms. The predicted octanol–water partition coefficient (Wildman–Crippen LogP) is 2.43. The third-order valence-electron chi connectivity index (χ3n) is 3.35. The normalized spacial score (nSPS) is 12.2. The highest BCUT2D eigenvalue weighted by atomic mass is 32.2. The zero-order chi connectivity index (χ0) is 15.9. The molecule has 0 saturated heterocycles. The van der Waals surface area contributed by atoms with Crippen molar-refractivity contribution in [1.82, 2.24) is 14.5 Å². The molecule has 0 radical (unpaired) electrons. The minimum absolute atomic E-state index is 0.0142. The Morgan fingerprint density at radius 2 is 2.00 bits per heavy atom. The summed E-state index contributed by atoms with van der Waals surface area (Å²) in [5, 5.41) is -0.0362. The molecule has 0 spiro atoms. The van der Waals surface area contributed by atoms with Crippen molar-refractivity contribution < 1.29 is 12.8 Å². The number of aromatic nitrogens is 3. The Morgan fingerprint density at radius 3 is 2.64 bits per heavy atom. The van der Waals surface area contributed by atoms with Gasteiger partial charge in [0.05, 0.1) is 6.33 Å².